The molecule has 146 valence electrons. The first-order valence-electron chi connectivity index (χ1n) is 8.85. The second kappa shape index (κ2) is 9.71. The molecule has 0 aliphatic carbocycles. The number of halogens is 1. The highest BCUT2D eigenvalue weighted by molar-refractivity contribution is 9.10. The largest absolute Gasteiger partial charge is 0.496 e. The molecule has 0 saturated carbocycles. The van der Waals surface area contributed by atoms with E-state index in [1.165, 1.54) is 0 Å². The van der Waals surface area contributed by atoms with E-state index in [4.69, 9.17) is 4.74 Å². The zero-order valence-electron chi connectivity index (χ0n) is 15.7. The second-order valence-electron chi connectivity index (χ2n) is 6.08. The summed E-state index contributed by atoms with van der Waals surface area (Å²) in [4.78, 5) is 25.6. The van der Waals surface area contributed by atoms with Gasteiger partial charge in [0.15, 0.2) is 0 Å². The van der Waals surface area contributed by atoms with Gasteiger partial charge in [0.1, 0.15) is 11.4 Å². The maximum absolute atomic E-state index is 12.9. The molecule has 0 heterocycles. The average Bonchev–Trinajstić information content (AvgIpc) is 2.74. The summed E-state index contributed by atoms with van der Waals surface area (Å²) < 4.78 is 6.19. The number of ether oxygens (including phenoxy) is 1. The molecule has 5 nitrogen and oxygen atoms in total. The Labute approximate surface area is 177 Å². The number of hydrogen-bond acceptors (Lipinski definition) is 3. The molecular formula is C23H19BrN2O3. The van der Waals surface area contributed by atoms with Crippen molar-refractivity contribution < 1.29 is 14.3 Å². The Bertz CT molecular complexity index is 1050. The van der Waals surface area contributed by atoms with Crippen LogP contribution in [-0.4, -0.2) is 18.9 Å². The molecule has 2 amide bonds. The van der Waals surface area contributed by atoms with Crippen LogP contribution in [0.4, 0.5) is 5.69 Å². The molecule has 3 rings (SSSR count). The van der Waals surface area contributed by atoms with Gasteiger partial charge in [-0.1, -0.05) is 58.4 Å². The number of nitrogens with one attached hydrogen (secondary N) is 2. The van der Waals surface area contributed by atoms with Crippen LogP contribution < -0.4 is 15.4 Å². The van der Waals surface area contributed by atoms with Gasteiger partial charge in [0, 0.05) is 21.3 Å². The number of methoxy groups -OCH3 is 1. The summed E-state index contributed by atoms with van der Waals surface area (Å²) in [5.41, 5.74) is 1.82. The summed E-state index contributed by atoms with van der Waals surface area (Å²) in [5, 5.41) is 5.52. The maximum Gasteiger partial charge on any atom is 0.272 e. The lowest BCUT2D eigenvalue weighted by Gasteiger charge is -2.12. The normalized spacial score (nSPS) is 10.9. The van der Waals surface area contributed by atoms with Crippen molar-refractivity contribution in [2.24, 2.45) is 0 Å². The highest BCUT2D eigenvalue weighted by Gasteiger charge is 2.16. The summed E-state index contributed by atoms with van der Waals surface area (Å²) in [5.74, 6) is -0.233. The average molecular weight is 451 g/mol. The van der Waals surface area contributed by atoms with Crippen LogP contribution in [0.3, 0.4) is 0 Å². The van der Waals surface area contributed by atoms with Crippen molar-refractivity contribution in [3.63, 3.8) is 0 Å². The topological polar surface area (TPSA) is 67.4 Å². The molecule has 0 aliphatic rings. The number of carbonyl (C=O) groups excluding carboxylic acids is 2. The van der Waals surface area contributed by atoms with Gasteiger partial charge in [-0.3, -0.25) is 9.59 Å². The highest BCUT2D eigenvalue weighted by atomic mass is 79.9. The Morgan fingerprint density at radius 2 is 1.66 bits per heavy atom. The maximum atomic E-state index is 12.9. The fraction of sp³-hybridized carbons (Fsp3) is 0.0435. The zero-order chi connectivity index (χ0) is 20.6. The van der Waals surface area contributed by atoms with Gasteiger partial charge >= 0.3 is 0 Å². The first-order chi connectivity index (χ1) is 14.1. The van der Waals surface area contributed by atoms with Crippen molar-refractivity contribution in [3.05, 3.63) is 100 Å². The molecule has 2 N–H and O–H groups in total. The molecule has 0 unspecified atom stereocenters. The minimum absolute atomic E-state index is 0.100. The zero-order valence-corrected chi connectivity index (χ0v) is 17.3. The van der Waals surface area contributed by atoms with E-state index in [2.05, 4.69) is 26.6 Å². The Hall–Kier alpha value is -3.38. The number of carbonyl (C=O) groups is 2. The number of anilines is 1. The van der Waals surface area contributed by atoms with Crippen LogP contribution in [-0.2, 0) is 4.79 Å². The van der Waals surface area contributed by atoms with E-state index in [0.717, 1.165) is 4.47 Å². The Balaban J connectivity index is 1.93. The van der Waals surface area contributed by atoms with Gasteiger partial charge in [-0.05, 0) is 42.5 Å². The molecule has 0 aliphatic heterocycles. The van der Waals surface area contributed by atoms with Crippen molar-refractivity contribution >= 4 is 39.5 Å². The van der Waals surface area contributed by atoms with Gasteiger partial charge in [0.2, 0.25) is 0 Å². The van der Waals surface area contributed by atoms with Crippen LogP contribution in [0.15, 0.2) is 89.0 Å². The minimum atomic E-state index is -0.446. The van der Waals surface area contributed by atoms with Crippen molar-refractivity contribution in [2.75, 3.05) is 12.4 Å². The van der Waals surface area contributed by atoms with E-state index in [1.54, 1.807) is 61.7 Å². The molecule has 0 fully saturated rings. The summed E-state index contributed by atoms with van der Waals surface area (Å²) in [6, 6.07) is 23.2. The standard InChI is InChI=1S/C23H19BrN2O3/c1-29-21-13-6-5-10-17(21)14-20(26-22(27)16-8-3-2-4-9-16)23(28)25-19-12-7-11-18(24)15-19/h2-15H,1H3,(H,25,28)(H,26,27)/b20-14-. The molecule has 6 heteroatoms. The third kappa shape index (κ3) is 5.56. The highest BCUT2D eigenvalue weighted by Crippen LogP contribution is 2.21. The number of para-hydroxylation sites is 1. The molecule has 0 atom stereocenters. The lowest BCUT2D eigenvalue weighted by Crippen LogP contribution is -2.30. The predicted molar refractivity (Wildman–Crippen MR) is 118 cm³/mol. The van der Waals surface area contributed by atoms with E-state index >= 15 is 0 Å². The van der Waals surface area contributed by atoms with Gasteiger partial charge in [-0.15, -0.1) is 0 Å². The Morgan fingerprint density at radius 1 is 0.931 bits per heavy atom. The Kier molecular flexibility index (Phi) is 6.81. The first kappa shape index (κ1) is 20.4. The van der Waals surface area contributed by atoms with Gasteiger partial charge in [-0.25, -0.2) is 0 Å². The summed E-state index contributed by atoms with van der Waals surface area (Å²) in [7, 11) is 1.55. The van der Waals surface area contributed by atoms with Gasteiger partial charge in [-0.2, -0.15) is 0 Å². The predicted octanol–water partition coefficient (Wildman–Crippen LogP) is 4.87. The minimum Gasteiger partial charge on any atom is -0.496 e. The summed E-state index contributed by atoms with van der Waals surface area (Å²) >= 11 is 3.38. The number of hydrogen-bond donors (Lipinski definition) is 2. The fourth-order valence-corrected chi connectivity index (χ4v) is 3.05. The lowest BCUT2D eigenvalue weighted by atomic mass is 10.1. The van der Waals surface area contributed by atoms with E-state index in [1.807, 2.05) is 30.3 Å². The summed E-state index contributed by atoms with van der Waals surface area (Å²) in [6.45, 7) is 0. The van der Waals surface area contributed by atoms with E-state index in [9.17, 15) is 9.59 Å². The van der Waals surface area contributed by atoms with Gasteiger partial charge in [0.25, 0.3) is 11.8 Å². The van der Waals surface area contributed by atoms with Crippen molar-refractivity contribution in [1.29, 1.82) is 0 Å². The molecule has 0 saturated heterocycles. The van der Waals surface area contributed by atoms with E-state index in [-0.39, 0.29) is 11.6 Å². The van der Waals surface area contributed by atoms with Crippen LogP contribution in [0, 0.1) is 0 Å². The van der Waals surface area contributed by atoms with Crippen LogP contribution in [0.5, 0.6) is 5.75 Å². The molecule has 3 aromatic carbocycles. The number of rotatable bonds is 6. The molecular weight excluding hydrogens is 432 g/mol. The van der Waals surface area contributed by atoms with Crippen molar-refractivity contribution in [1.82, 2.24) is 5.32 Å². The third-order valence-corrected chi connectivity index (χ3v) is 4.54. The monoisotopic (exact) mass is 450 g/mol. The lowest BCUT2D eigenvalue weighted by molar-refractivity contribution is -0.113. The molecule has 29 heavy (non-hydrogen) atoms. The van der Waals surface area contributed by atoms with E-state index < -0.39 is 5.91 Å². The fourth-order valence-electron chi connectivity index (χ4n) is 2.65. The van der Waals surface area contributed by atoms with Gasteiger partial charge < -0.3 is 15.4 Å². The van der Waals surface area contributed by atoms with E-state index in [0.29, 0.717) is 22.6 Å². The molecule has 0 spiro atoms. The summed E-state index contributed by atoms with van der Waals surface area (Å²) in [6.07, 6.45) is 1.59. The number of amides is 2. The molecule has 3 aromatic rings. The van der Waals surface area contributed by atoms with Gasteiger partial charge in [0.05, 0.1) is 7.11 Å². The van der Waals surface area contributed by atoms with Crippen LogP contribution in [0.2, 0.25) is 0 Å². The number of benzene rings is 3. The molecule has 0 bridgehead atoms. The van der Waals surface area contributed by atoms with Crippen LogP contribution in [0.25, 0.3) is 6.08 Å². The van der Waals surface area contributed by atoms with Crippen LogP contribution in [0.1, 0.15) is 15.9 Å². The van der Waals surface area contributed by atoms with Crippen molar-refractivity contribution in [3.8, 4) is 5.75 Å². The Morgan fingerprint density at radius 3 is 2.38 bits per heavy atom. The quantitative estimate of drug-likeness (QED) is 0.526. The third-order valence-electron chi connectivity index (χ3n) is 4.05. The second-order valence-corrected chi connectivity index (χ2v) is 7.00. The molecule has 0 radical (unpaired) electrons. The van der Waals surface area contributed by atoms with Crippen LogP contribution >= 0.6 is 15.9 Å². The first-order valence-corrected chi connectivity index (χ1v) is 9.64. The van der Waals surface area contributed by atoms with Crippen molar-refractivity contribution in [2.45, 2.75) is 0 Å². The molecule has 0 aromatic heterocycles. The smallest absolute Gasteiger partial charge is 0.272 e. The SMILES string of the molecule is COc1ccccc1/C=C(\NC(=O)c1ccccc1)C(=O)Nc1cccc(Br)c1.